The second-order valence-electron chi connectivity index (χ2n) is 6.37. The Kier molecular flexibility index (Phi) is 5.73. The molecule has 0 bridgehead atoms. The molecule has 3 aromatic rings. The number of anilines is 1. The maximum absolute atomic E-state index is 12.3. The quantitative estimate of drug-likeness (QED) is 0.618. The number of carbonyl (C=O) groups is 2. The summed E-state index contributed by atoms with van der Waals surface area (Å²) in [6.45, 7) is 4.42. The van der Waals surface area contributed by atoms with Gasteiger partial charge in [0.05, 0.1) is 31.0 Å². The molecule has 0 radical (unpaired) electrons. The molecule has 0 aliphatic carbocycles. The average Bonchev–Trinajstić information content (AvgIpc) is 3.28. The monoisotopic (exact) mass is 383 g/mol. The van der Waals surface area contributed by atoms with Crippen LogP contribution in [0.2, 0.25) is 0 Å². The van der Waals surface area contributed by atoms with E-state index >= 15 is 0 Å². The zero-order valence-corrected chi connectivity index (χ0v) is 15.6. The molecule has 0 saturated carbocycles. The van der Waals surface area contributed by atoms with Gasteiger partial charge in [0.15, 0.2) is 12.4 Å². The summed E-state index contributed by atoms with van der Waals surface area (Å²) in [7, 11) is 0. The normalized spacial score (nSPS) is 10.6. The van der Waals surface area contributed by atoms with Gasteiger partial charge in [-0.3, -0.25) is 14.3 Å². The van der Waals surface area contributed by atoms with E-state index in [9.17, 15) is 9.59 Å². The molecule has 0 aliphatic heterocycles. The number of aryl methyl sites for hydroxylation is 3. The first-order valence-electron chi connectivity index (χ1n) is 8.70. The predicted molar refractivity (Wildman–Crippen MR) is 101 cm³/mol. The standard InChI is InChI=1S/C19H21N5O4/c1-13-3-4-17(14(2)9-13)28-12-24-11-15(10-20-24)21-19(27)16-5-7-23(22-16)8-6-18(25)26/h3-5,7,9-11H,6,8,12H2,1-2H3,(H,21,27)(H,25,26). The number of nitrogens with zero attached hydrogens (tertiary/aromatic N) is 4. The number of carboxylic acids is 1. The highest BCUT2D eigenvalue weighted by atomic mass is 16.5. The van der Waals surface area contributed by atoms with E-state index in [0.717, 1.165) is 11.3 Å². The molecule has 0 aliphatic rings. The highest BCUT2D eigenvalue weighted by Gasteiger charge is 2.12. The van der Waals surface area contributed by atoms with Crippen molar-refractivity contribution in [3.8, 4) is 5.75 Å². The van der Waals surface area contributed by atoms with Gasteiger partial charge < -0.3 is 15.2 Å². The molecule has 28 heavy (non-hydrogen) atoms. The number of hydrogen-bond donors (Lipinski definition) is 2. The highest BCUT2D eigenvalue weighted by molar-refractivity contribution is 6.02. The van der Waals surface area contributed by atoms with Gasteiger partial charge in [-0.2, -0.15) is 10.2 Å². The van der Waals surface area contributed by atoms with Gasteiger partial charge in [0.1, 0.15) is 5.75 Å². The van der Waals surface area contributed by atoms with Crippen molar-refractivity contribution in [2.75, 3.05) is 5.32 Å². The van der Waals surface area contributed by atoms with Gasteiger partial charge in [-0.1, -0.05) is 17.7 Å². The van der Waals surface area contributed by atoms with Crippen LogP contribution in [0.1, 0.15) is 28.0 Å². The molecular formula is C19H21N5O4. The van der Waals surface area contributed by atoms with E-state index in [4.69, 9.17) is 9.84 Å². The van der Waals surface area contributed by atoms with Crippen LogP contribution in [-0.4, -0.2) is 36.5 Å². The minimum absolute atomic E-state index is 0.0596. The summed E-state index contributed by atoms with van der Waals surface area (Å²) in [6, 6.07) is 7.47. The first-order chi connectivity index (χ1) is 13.4. The van der Waals surface area contributed by atoms with Crippen molar-refractivity contribution in [3.05, 3.63) is 59.7 Å². The first kappa shape index (κ1) is 19.2. The van der Waals surface area contributed by atoms with Crippen molar-refractivity contribution in [2.24, 2.45) is 0 Å². The number of aromatic nitrogens is 4. The van der Waals surface area contributed by atoms with Crippen LogP contribution >= 0.6 is 0 Å². The Bertz CT molecular complexity index is 992. The summed E-state index contributed by atoms with van der Waals surface area (Å²) >= 11 is 0. The van der Waals surface area contributed by atoms with Crippen LogP contribution in [0.3, 0.4) is 0 Å². The zero-order valence-electron chi connectivity index (χ0n) is 15.6. The SMILES string of the molecule is Cc1ccc(OCn2cc(NC(=O)c3ccn(CCC(=O)O)n3)cn2)c(C)c1. The van der Waals surface area contributed by atoms with E-state index in [1.165, 1.54) is 22.5 Å². The third-order valence-electron chi connectivity index (χ3n) is 4.00. The molecule has 9 nitrogen and oxygen atoms in total. The Labute approximate surface area is 161 Å². The van der Waals surface area contributed by atoms with E-state index < -0.39 is 11.9 Å². The smallest absolute Gasteiger partial charge is 0.305 e. The number of carboxylic acid groups (broad SMARTS) is 1. The molecule has 2 aromatic heterocycles. The van der Waals surface area contributed by atoms with E-state index in [0.29, 0.717) is 5.69 Å². The van der Waals surface area contributed by atoms with Crippen LogP contribution in [0.15, 0.2) is 42.9 Å². The predicted octanol–water partition coefficient (Wildman–Crippen LogP) is 2.46. The Morgan fingerprint density at radius 3 is 2.79 bits per heavy atom. The Morgan fingerprint density at radius 1 is 1.21 bits per heavy atom. The van der Waals surface area contributed by atoms with Crippen molar-refractivity contribution in [2.45, 2.75) is 33.5 Å². The molecule has 0 spiro atoms. The first-order valence-corrected chi connectivity index (χ1v) is 8.70. The van der Waals surface area contributed by atoms with Gasteiger partial charge in [-0.15, -0.1) is 0 Å². The topological polar surface area (TPSA) is 111 Å². The van der Waals surface area contributed by atoms with Gasteiger partial charge in [0.25, 0.3) is 5.91 Å². The summed E-state index contributed by atoms with van der Waals surface area (Å²) in [6.07, 6.45) is 4.68. The summed E-state index contributed by atoms with van der Waals surface area (Å²) in [5.74, 6) is -0.542. The number of rotatable bonds is 8. The molecule has 1 amide bonds. The number of benzene rings is 1. The fourth-order valence-electron chi connectivity index (χ4n) is 2.61. The second kappa shape index (κ2) is 8.38. The van der Waals surface area contributed by atoms with Crippen LogP contribution < -0.4 is 10.1 Å². The molecule has 2 heterocycles. The molecule has 0 unspecified atom stereocenters. The fraction of sp³-hybridized carbons (Fsp3) is 0.263. The number of carbonyl (C=O) groups excluding carboxylic acids is 1. The third-order valence-corrected chi connectivity index (χ3v) is 4.00. The van der Waals surface area contributed by atoms with Crippen molar-refractivity contribution < 1.29 is 19.4 Å². The molecule has 0 saturated heterocycles. The lowest BCUT2D eigenvalue weighted by molar-refractivity contribution is -0.137. The average molecular weight is 383 g/mol. The molecule has 9 heteroatoms. The number of hydrogen-bond acceptors (Lipinski definition) is 5. The lowest BCUT2D eigenvalue weighted by atomic mass is 10.1. The molecule has 1 aromatic carbocycles. The lowest BCUT2D eigenvalue weighted by Crippen LogP contribution is -2.13. The molecule has 0 atom stereocenters. The maximum atomic E-state index is 12.3. The fourth-order valence-corrected chi connectivity index (χ4v) is 2.61. The van der Waals surface area contributed by atoms with Crippen molar-refractivity contribution >= 4 is 17.6 Å². The highest BCUT2D eigenvalue weighted by Crippen LogP contribution is 2.19. The Morgan fingerprint density at radius 2 is 2.04 bits per heavy atom. The van der Waals surface area contributed by atoms with Crippen LogP contribution in [0.5, 0.6) is 5.75 Å². The second-order valence-corrected chi connectivity index (χ2v) is 6.37. The summed E-state index contributed by atoms with van der Waals surface area (Å²) in [5, 5.41) is 19.6. The van der Waals surface area contributed by atoms with Crippen molar-refractivity contribution in [1.82, 2.24) is 19.6 Å². The van der Waals surface area contributed by atoms with Crippen LogP contribution in [0.25, 0.3) is 0 Å². The Balaban J connectivity index is 1.55. The number of aliphatic carboxylic acids is 1. The third kappa shape index (κ3) is 4.97. The molecule has 3 rings (SSSR count). The zero-order chi connectivity index (χ0) is 20.1. The maximum Gasteiger partial charge on any atom is 0.305 e. The van der Waals surface area contributed by atoms with E-state index in [1.807, 2.05) is 32.0 Å². The van der Waals surface area contributed by atoms with E-state index in [2.05, 4.69) is 15.5 Å². The van der Waals surface area contributed by atoms with Crippen molar-refractivity contribution in [3.63, 3.8) is 0 Å². The summed E-state index contributed by atoms with van der Waals surface area (Å²) in [5.41, 5.74) is 2.91. The summed E-state index contributed by atoms with van der Waals surface area (Å²) in [4.78, 5) is 22.9. The van der Waals surface area contributed by atoms with E-state index in [-0.39, 0.29) is 25.4 Å². The van der Waals surface area contributed by atoms with Crippen LogP contribution in [0.4, 0.5) is 5.69 Å². The van der Waals surface area contributed by atoms with Gasteiger partial charge in [0.2, 0.25) is 0 Å². The molecule has 146 valence electrons. The lowest BCUT2D eigenvalue weighted by Gasteiger charge is -2.09. The van der Waals surface area contributed by atoms with Crippen molar-refractivity contribution in [1.29, 1.82) is 0 Å². The van der Waals surface area contributed by atoms with Gasteiger partial charge in [0, 0.05) is 6.20 Å². The molecule has 2 N–H and O–H groups in total. The van der Waals surface area contributed by atoms with E-state index in [1.54, 1.807) is 17.1 Å². The number of nitrogens with one attached hydrogen (secondary N) is 1. The molecule has 0 fully saturated rings. The largest absolute Gasteiger partial charge is 0.481 e. The molecular weight excluding hydrogens is 362 g/mol. The van der Waals surface area contributed by atoms with Gasteiger partial charge >= 0.3 is 5.97 Å². The Hall–Kier alpha value is -3.62. The van der Waals surface area contributed by atoms with Crippen LogP contribution in [0, 0.1) is 13.8 Å². The minimum atomic E-state index is -0.919. The number of ether oxygens (including phenoxy) is 1. The van der Waals surface area contributed by atoms with Gasteiger partial charge in [-0.05, 0) is 31.5 Å². The van der Waals surface area contributed by atoms with Crippen LogP contribution in [-0.2, 0) is 18.1 Å². The van der Waals surface area contributed by atoms with Gasteiger partial charge in [-0.25, -0.2) is 4.68 Å². The number of amides is 1. The summed E-state index contributed by atoms with van der Waals surface area (Å²) < 4.78 is 8.75. The minimum Gasteiger partial charge on any atom is -0.481 e.